The molecule has 0 spiro atoms. The Labute approximate surface area is 379 Å². The fourth-order valence-corrected chi connectivity index (χ4v) is 7.76. The van der Waals surface area contributed by atoms with E-state index in [0.717, 1.165) is 99.9 Å². The standard InChI is InChI=1S/C48H78N2O14/c51-33-39-41(53)43(55)45(57)47(63-39)61-31-19-15-11-7-3-1-5-9-13-17-29-59-37-25-21-35(22-26-37)49-50-36-23-27-38(28-24-36)60-30-18-14-10-6-2-4-8-12-16-20-32-62-48-46(58)44(56)42(54)40(34-52)64-48/h21-28,39-48,51-58H,1-20,29-34H2/t39-,40-,41-,42-,43+,44+,45-,46-,47-,48-/m1/s1. The van der Waals surface area contributed by atoms with Crippen molar-refractivity contribution in [2.24, 2.45) is 10.2 Å². The second kappa shape index (κ2) is 32.0. The number of ether oxygens (including phenoxy) is 6. The maximum atomic E-state index is 10.0. The molecule has 0 unspecified atom stereocenters. The molecule has 0 radical (unpaired) electrons. The van der Waals surface area contributed by atoms with Crippen molar-refractivity contribution in [2.45, 2.75) is 190 Å². The SMILES string of the molecule is OC[C@H]1O[C@@H](OCCCCCCCCCCCCOc2ccc(N=Nc3ccc(OCCCCCCCCCCCCO[C@@H]4O[C@H](CO)[C@@H](O)[C@H](O)[C@H]4O)cc3)cc2)[C@H](O)[C@@H](O)[C@@H]1O. The second-order valence-electron chi connectivity index (χ2n) is 17.1. The lowest BCUT2D eigenvalue weighted by molar-refractivity contribution is -0.301. The van der Waals surface area contributed by atoms with Gasteiger partial charge in [-0.15, -0.1) is 0 Å². The van der Waals surface area contributed by atoms with Crippen LogP contribution in [0.3, 0.4) is 0 Å². The third-order valence-corrected chi connectivity index (χ3v) is 11.8. The Morgan fingerprint density at radius 2 is 0.641 bits per heavy atom. The van der Waals surface area contributed by atoms with Gasteiger partial charge in [0.25, 0.3) is 0 Å². The Balaban J connectivity index is 0.898. The van der Waals surface area contributed by atoms with Gasteiger partial charge in [0.2, 0.25) is 0 Å². The lowest BCUT2D eigenvalue weighted by atomic mass is 9.99. The fraction of sp³-hybridized carbons (Fsp3) is 0.750. The quantitative estimate of drug-likeness (QED) is 0.0284. The minimum atomic E-state index is -1.41. The van der Waals surface area contributed by atoms with Gasteiger partial charge in [-0.2, -0.15) is 10.2 Å². The van der Waals surface area contributed by atoms with Gasteiger partial charge in [0.1, 0.15) is 60.3 Å². The summed E-state index contributed by atoms with van der Waals surface area (Å²) in [5.74, 6) is 1.65. The molecule has 8 N–H and O–H groups in total. The molecular formula is C48H78N2O14. The number of benzene rings is 2. The van der Waals surface area contributed by atoms with Gasteiger partial charge in [0.05, 0.1) is 37.8 Å². The Bertz CT molecular complexity index is 1380. The first-order valence-electron chi connectivity index (χ1n) is 23.9. The first-order valence-corrected chi connectivity index (χ1v) is 23.9. The van der Waals surface area contributed by atoms with Gasteiger partial charge in [-0.1, -0.05) is 103 Å². The normalized spacial score (nSPS) is 26.1. The summed E-state index contributed by atoms with van der Waals surface area (Å²) in [6.07, 6.45) is 9.87. The molecule has 0 amide bonds. The zero-order valence-corrected chi connectivity index (χ0v) is 37.7. The highest BCUT2D eigenvalue weighted by Gasteiger charge is 2.45. The van der Waals surface area contributed by atoms with Crippen LogP contribution in [-0.2, 0) is 18.9 Å². The molecule has 2 heterocycles. The number of hydrogen-bond acceptors (Lipinski definition) is 16. The van der Waals surface area contributed by atoms with Crippen LogP contribution in [0.25, 0.3) is 0 Å². The number of unbranched alkanes of at least 4 members (excludes halogenated alkanes) is 18. The Kier molecular flexibility index (Phi) is 26.9. The van der Waals surface area contributed by atoms with Crippen LogP contribution >= 0.6 is 0 Å². The van der Waals surface area contributed by atoms with Crippen LogP contribution in [0, 0.1) is 0 Å². The predicted molar refractivity (Wildman–Crippen MR) is 240 cm³/mol. The maximum absolute atomic E-state index is 10.0. The number of rotatable bonds is 34. The Morgan fingerprint density at radius 1 is 0.359 bits per heavy atom. The third-order valence-electron chi connectivity index (χ3n) is 11.8. The van der Waals surface area contributed by atoms with Gasteiger partial charge in [0.15, 0.2) is 12.6 Å². The first kappa shape index (κ1) is 53.8. The highest BCUT2D eigenvalue weighted by atomic mass is 16.7. The van der Waals surface area contributed by atoms with Crippen LogP contribution in [0.15, 0.2) is 58.8 Å². The summed E-state index contributed by atoms with van der Waals surface area (Å²) in [6.45, 7) is 1.21. The Hall–Kier alpha value is -2.84. The van der Waals surface area contributed by atoms with Crippen LogP contribution in [0.4, 0.5) is 11.4 Å². The topological polar surface area (TPSA) is 242 Å². The number of nitrogens with zero attached hydrogens (tertiary/aromatic N) is 2. The minimum Gasteiger partial charge on any atom is -0.494 e. The van der Waals surface area contributed by atoms with Gasteiger partial charge < -0.3 is 69.3 Å². The zero-order valence-electron chi connectivity index (χ0n) is 37.7. The summed E-state index contributed by atoms with van der Waals surface area (Å²) in [5.41, 5.74) is 1.51. The van der Waals surface area contributed by atoms with Crippen molar-refractivity contribution in [3.63, 3.8) is 0 Å². The summed E-state index contributed by atoms with van der Waals surface area (Å²) in [6, 6.07) is 15.3. The van der Waals surface area contributed by atoms with Crippen molar-refractivity contribution < 1.29 is 69.3 Å². The lowest BCUT2D eigenvalue weighted by Gasteiger charge is -2.39. The second-order valence-corrected chi connectivity index (χ2v) is 17.1. The number of aliphatic hydroxyl groups is 8. The fourth-order valence-electron chi connectivity index (χ4n) is 7.76. The van der Waals surface area contributed by atoms with Gasteiger partial charge in [-0.25, -0.2) is 0 Å². The summed E-state index contributed by atoms with van der Waals surface area (Å²) < 4.78 is 33.7. The number of aliphatic hydroxyl groups excluding tert-OH is 8. The van der Waals surface area contributed by atoms with Gasteiger partial charge in [0, 0.05) is 13.2 Å². The zero-order chi connectivity index (χ0) is 45.8. The summed E-state index contributed by atoms with van der Waals surface area (Å²) in [5, 5.41) is 86.8. The molecule has 0 aromatic heterocycles. The average Bonchev–Trinajstić information content (AvgIpc) is 3.31. The van der Waals surface area contributed by atoms with E-state index < -0.39 is 74.6 Å². The number of azo groups is 1. The number of hydrogen-bond donors (Lipinski definition) is 8. The molecule has 0 aliphatic carbocycles. The van der Waals surface area contributed by atoms with Crippen LogP contribution in [0.5, 0.6) is 11.5 Å². The molecule has 2 aliphatic rings. The molecule has 0 bridgehead atoms. The average molecular weight is 907 g/mol. The molecule has 64 heavy (non-hydrogen) atoms. The molecule has 2 saturated heterocycles. The highest BCUT2D eigenvalue weighted by Crippen LogP contribution is 2.26. The van der Waals surface area contributed by atoms with E-state index in [2.05, 4.69) is 10.2 Å². The van der Waals surface area contributed by atoms with E-state index >= 15 is 0 Å². The lowest BCUT2D eigenvalue weighted by Crippen LogP contribution is -2.59. The highest BCUT2D eigenvalue weighted by molar-refractivity contribution is 5.44. The first-order chi connectivity index (χ1) is 31.2. The van der Waals surface area contributed by atoms with E-state index in [1.165, 1.54) is 51.4 Å². The molecule has 0 saturated carbocycles. The van der Waals surface area contributed by atoms with E-state index in [0.29, 0.717) is 26.4 Å². The van der Waals surface area contributed by atoms with E-state index in [9.17, 15) is 40.9 Å². The van der Waals surface area contributed by atoms with Crippen molar-refractivity contribution in [1.82, 2.24) is 0 Å². The van der Waals surface area contributed by atoms with Crippen molar-refractivity contribution in [3.05, 3.63) is 48.5 Å². The molecule has 2 fully saturated rings. The van der Waals surface area contributed by atoms with Crippen molar-refractivity contribution in [2.75, 3.05) is 39.6 Å². The van der Waals surface area contributed by atoms with Crippen LogP contribution in [0.2, 0.25) is 0 Å². The molecule has 2 aromatic carbocycles. The molecule has 364 valence electrons. The largest absolute Gasteiger partial charge is 0.494 e. The van der Waals surface area contributed by atoms with Crippen molar-refractivity contribution in [3.8, 4) is 11.5 Å². The summed E-state index contributed by atoms with van der Waals surface area (Å²) in [4.78, 5) is 0. The van der Waals surface area contributed by atoms with Crippen molar-refractivity contribution >= 4 is 11.4 Å². The van der Waals surface area contributed by atoms with Gasteiger partial charge in [-0.05, 0) is 74.2 Å². The van der Waals surface area contributed by atoms with E-state index in [-0.39, 0.29) is 0 Å². The van der Waals surface area contributed by atoms with Gasteiger partial charge in [-0.3, -0.25) is 0 Å². The monoisotopic (exact) mass is 907 g/mol. The third kappa shape index (κ3) is 19.9. The minimum absolute atomic E-state index is 0.381. The Morgan fingerprint density at radius 3 is 0.938 bits per heavy atom. The summed E-state index contributed by atoms with van der Waals surface area (Å²) >= 11 is 0. The molecular weight excluding hydrogens is 829 g/mol. The van der Waals surface area contributed by atoms with Crippen LogP contribution in [-0.4, -0.2) is 142 Å². The van der Waals surface area contributed by atoms with E-state index in [4.69, 9.17) is 28.4 Å². The summed E-state index contributed by atoms with van der Waals surface area (Å²) in [7, 11) is 0. The van der Waals surface area contributed by atoms with E-state index in [1.807, 2.05) is 48.5 Å². The van der Waals surface area contributed by atoms with Crippen molar-refractivity contribution in [1.29, 1.82) is 0 Å². The molecule has 4 rings (SSSR count). The van der Waals surface area contributed by atoms with Crippen LogP contribution in [0.1, 0.15) is 128 Å². The van der Waals surface area contributed by atoms with Crippen LogP contribution < -0.4 is 9.47 Å². The molecule has 16 nitrogen and oxygen atoms in total. The molecule has 2 aliphatic heterocycles. The molecule has 10 atom stereocenters. The smallest absolute Gasteiger partial charge is 0.186 e. The van der Waals surface area contributed by atoms with Gasteiger partial charge >= 0.3 is 0 Å². The molecule has 2 aromatic rings. The predicted octanol–water partition coefficient (Wildman–Crippen LogP) is 6.29. The van der Waals surface area contributed by atoms with E-state index in [1.54, 1.807) is 0 Å². The maximum Gasteiger partial charge on any atom is 0.186 e. The molecule has 16 heteroatoms.